The summed E-state index contributed by atoms with van der Waals surface area (Å²) in [6.07, 6.45) is 2.85. The van der Waals surface area contributed by atoms with Crippen LogP contribution in [0, 0.1) is 0 Å². The van der Waals surface area contributed by atoms with Gasteiger partial charge in [0.1, 0.15) is 24.7 Å². The van der Waals surface area contributed by atoms with Crippen molar-refractivity contribution in [3.63, 3.8) is 0 Å². The first-order valence-corrected chi connectivity index (χ1v) is 11.7. The molecule has 2 rings (SSSR count). The van der Waals surface area contributed by atoms with E-state index in [9.17, 15) is 9.90 Å². The van der Waals surface area contributed by atoms with Crippen LogP contribution >= 0.6 is 0 Å². The van der Waals surface area contributed by atoms with Crippen LogP contribution in [0.1, 0.15) is 83.6 Å². The number of phenols is 1. The Morgan fingerprint density at radius 2 is 1.59 bits per heavy atom. The van der Waals surface area contributed by atoms with Gasteiger partial charge in [-0.3, -0.25) is 4.79 Å². The summed E-state index contributed by atoms with van der Waals surface area (Å²) >= 11 is 0. The molecule has 0 bridgehead atoms. The zero-order valence-electron chi connectivity index (χ0n) is 20.9. The molecular formula is C28H40O4. The van der Waals surface area contributed by atoms with Crippen LogP contribution in [-0.4, -0.2) is 24.3 Å². The molecule has 0 amide bonds. The molecule has 0 atom stereocenters. The molecule has 0 heterocycles. The Labute approximate surface area is 194 Å². The topological polar surface area (TPSA) is 55.8 Å². The maximum absolute atomic E-state index is 12.1. The lowest BCUT2D eigenvalue weighted by Crippen LogP contribution is -2.21. The fourth-order valence-electron chi connectivity index (χ4n) is 3.86. The molecule has 0 unspecified atom stereocenters. The van der Waals surface area contributed by atoms with Crippen molar-refractivity contribution >= 4 is 5.97 Å². The van der Waals surface area contributed by atoms with Gasteiger partial charge in [0.05, 0.1) is 0 Å². The van der Waals surface area contributed by atoms with Crippen LogP contribution in [0.2, 0.25) is 0 Å². The van der Waals surface area contributed by atoms with E-state index < -0.39 is 0 Å². The molecule has 32 heavy (non-hydrogen) atoms. The second-order valence-corrected chi connectivity index (χ2v) is 10.4. The van der Waals surface area contributed by atoms with Gasteiger partial charge in [0.15, 0.2) is 0 Å². The van der Waals surface area contributed by atoms with Crippen molar-refractivity contribution in [1.29, 1.82) is 0 Å². The molecule has 4 nitrogen and oxygen atoms in total. The summed E-state index contributed by atoms with van der Waals surface area (Å²) in [4.78, 5) is 12.1. The minimum absolute atomic E-state index is 0.181. The van der Waals surface area contributed by atoms with Crippen LogP contribution in [0.15, 0.2) is 36.4 Å². The lowest BCUT2D eigenvalue weighted by atomic mass is 9.77. The van der Waals surface area contributed by atoms with Crippen LogP contribution in [-0.2, 0) is 33.2 Å². The van der Waals surface area contributed by atoms with Crippen LogP contribution in [0.5, 0.6) is 11.5 Å². The van der Waals surface area contributed by atoms with Crippen molar-refractivity contribution in [1.82, 2.24) is 0 Å². The van der Waals surface area contributed by atoms with Crippen LogP contribution in [0.4, 0.5) is 0 Å². The third-order valence-corrected chi connectivity index (χ3v) is 5.46. The average molecular weight is 441 g/mol. The first kappa shape index (κ1) is 25.8. The molecule has 1 N–H and O–H groups in total. The van der Waals surface area contributed by atoms with Crippen LogP contribution < -0.4 is 4.74 Å². The summed E-state index contributed by atoms with van der Waals surface area (Å²) in [5, 5.41) is 11.2. The van der Waals surface area contributed by atoms with E-state index in [1.54, 1.807) is 0 Å². The van der Waals surface area contributed by atoms with Crippen molar-refractivity contribution < 1.29 is 19.4 Å². The molecule has 0 spiro atoms. The molecule has 2 aromatic rings. The van der Waals surface area contributed by atoms with E-state index in [-0.39, 0.29) is 30.0 Å². The maximum Gasteiger partial charge on any atom is 0.306 e. The lowest BCUT2D eigenvalue weighted by molar-refractivity contribution is -0.144. The summed E-state index contributed by atoms with van der Waals surface area (Å²) < 4.78 is 11.6. The highest BCUT2D eigenvalue weighted by Gasteiger charge is 2.31. The third-order valence-electron chi connectivity index (χ3n) is 5.46. The number of carbonyl (C=O) groups excluding carboxylic acids is 1. The van der Waals surface area contributed by atoms with Gasteiger partial charge in [-0.05, 0) is 40.9 Å². The summed E-state index contributed by atoms with van der Waals surface area (Å²) in [5.41, 5.74) is 3.49. The number of aryl methyl sites for hydroxylation is 2. The van der Waals surface area contributed by atoms with Crippen molar-refractivity contribution in [2.75, 3.05) is 13.2 Å². The molecule has 4 heteroatoms. The van der Waals surface area contributed by atoms with Gasteiger partial charge in [-0.15, -0.1) is 0 Å². The fourth-order valence-corrected chi connectivity index (χ4v) is 3.86. The van der Waals surface area contributed by atoms with Gasteiger partial charge in [0.2, 0.25) is 0 Å². The quantitative estimate of drug-likeness (QED) is 0.357. The van der Waals surface area contributed by atoms with E-state index >= 15 is 0 Å². The fraction of sp³-hybridized carbons (Fsp3) is 0.536. The summed E-state index contributed by atoms with van der Waals surface area (Å²) in [6.45, 7) is 15.2. The average Bonchev–Trinajstić information content (AvgIpc) is 2.70. The Balaban J connectivity index is 2.12. The summed E-state index contributed by atoms with van der Waals surface area (Å²) in [7, 11) is 0. The summed E-state index contributed by atoms with van der Waals surface area (Å²) in [6, 6.07) is 12.0. The van der Waals surface area contributed by atoms with Crippen molar-refractivity contribution in [3.8, 4) is 11.5 Å². The highest BCUT2D eigenvalue weighted by Crippen LogP contribution is 2.46. The molecule has 0 aromatic heterocycles. The predicted octanol–water partition coefficient (Wildman–Crippen LogP) is 6.49. The van der Waals surface area contributed by atoms with Crippen molar-refractivity contribution in [2.45, 2.75) is 85.0 Å². The molecule has 0 aliphatic heterocycles. The molecule has 0 saturated carbocycles. The number of benzene rings is 2. The predicted molar refractivity (Wildman–Crippen MR) is 131 cm³/mol. The van der Waals surface area contributed by atoms with Gasteiger partial charge < -0.3 is 14.6 Å². The summed E-state index contributed by atoms with van der Waals surface area (Å²) in [5.74, 6) is 0.804. The van der Waals surface area contributed by atoms with E-state index in [0.717, 1.165) is 40.8 Å². The number of rotatable bonds is 9. The van der Waals surface area contributed by atoms with E-state index in [0.29, 0.717) is 18.6 Å². The number of hydrogen-bond acceptors (Lipinski definition) is 4. The Kier molecular flexibility index (Phi) is 8.77. The molecule has 0 fully saturated rings. The molecule has 0 radical (unpaired) electrons. The van der Waals surface area contributed by atoms with Crippen molar-refractivity contribution in [3.05, 3.63) is 58.7 Å². The maximum atomic E-state index is 12.1. The first-order chi connectivity index (χ1) is 14.9. The Morgan fingerprint density at radius 1 is 0.938 bits per heavy atom. The smallest absolute Gasteiger partial charge is 0.306 e. The standard InChI is InChI=1S/C28H40O4/c1-8-12-21-19-22(27(2,3)4)25(30)24(28(5,6)7)26(21)32-18-17-31-23(29)16-15-20-13-10-9-11-14-20/h9-11,13-14,19,30H,8,12,15-18H2,1-7H3. The Bertz CT molecular complexity index is 886. The van der Waals surface area contributed by atoms with Gasteiger partial charge in [-0.2, -0.15) is 0 Å². The minimum atomic E-state index is -0.296. The molecule has 0 aliphatic carbocycles. The lowest BCUT2D eigenvalue weighted by Gasteiger charge is -2.31. The molecule has 176 valence electrons. The second kappa shape index (κ2) is 10.9. The largest absolute Gasteiger partial charge is 0.507 e. The number of hydrogen-bond donors (Lipinski definition) is 1. The van der Waals surface area contributed by atoms with E-state index in [1.165, 1.54) is 0 Å². The normalized spacial score (nSPS) is 12.0. The van der Waals surface area contributed by atoms with Gasteiger partial charge in [0.25, 0.3) is 0 Å². The Hall–Kier alpha value is -2.49. The number of phenolic OH excluding ortho intramolecular Hbond substituents is 1. The third kappa shape index (κ3) is 7.01. The molecule has 0 aliphatic rings. The number of ether oxygens (including phenoxy) is 2. The number of carbonyl (C=O) groups is 1. The number of esters is 1. The zero-order chi connectivity index (χ0) is 23.9. The SMILES string of the molecule is CCCc1cc(C(C)(C)C)c(O)c(C(C)(C)C)c1OCCOC(=O)CCc1ccccc1. The molecule has 2 aromatic carbocycles. The van der Waals surface area contributed by atoms with E-state index in [1.807, 2.05) is 30.3 Å². The minimum Gasteiger partial charge on any atom is -0.507 e. The zero-order valence-corrected chi connectivity index (χ0v) is 20.9. The van der Waals surface area contributed by atoms with Crippen LogP contribution in [0.3, 0.4) is 0 Å². The van der Waals surface area contributed by atoms with E-state index in [4.69, 9.17) is 9.47 Å². The van der Waals surface area contributed by atoms with E-state index in [2.05, 4.69) is 54.5 Å². The first-order valence-electron chi connectivity index (χ1n) is 11.7. The van der Waals surface area contributed by atoms with Gasteiger partial charge in [-0.1, -0.05) is 85.2 Å². The van der Waals surface area contributed by atoms with Crippen LogP contribution in [0.25, 0.3) is 0 Å². The highest BCUT2D eigenvalue weighted by molar-refractivity contribution is 5.69. The second-order valence-electron chi connectivity index (χ2n) is 10.4. The van der Waals surface area contributed by atoms with Gasteiger partial charge in [0, 0.05) is 17.5 Å². The monoisotopic (exact) mass is 440 g/mol. The highest BCUT2D eigenvalue weighted by atomic mass is 16.6. The van der Waals surface area contributed by atoms with Crippen molar-refractivity contribution in [2.24, 2.45) is 0 Å². The van der Waals surface area contributed by atoms with Gasteiger partial charge in [-0.25, -0.2) is 0 Å². The number of aromatic hydroxyl groups is 1. The Morgan fingerprint density at radius 3 is 2.16 bits per heavy atom. The molecular weight excluding hydrogens is 400 g/mol. The molecule has 0 saturated heterocycles. The van der Waals surface area contributed by atoms with Gasteiger partial charge >= 0.3 is 5.97 Å².